The van der Waals surface area contributed by atoms with Gasteiger partial charge in [-0.1, -0.05) is 12.1 Å². The van der Waals surface area contributed by atoms with E-state index in [1.54, 1.807) is 18.6 Å². The van der Waals surface area contributed by atoms with Crippen molar-refractivity contribution in [2.75, 3.05) is 6.54 Å². The maximum atomic E-state index is 11.7. The van der Waals surface area contributed by atoms with Crippen LogP contribution in [0.5, 0.6) is 0 Å². The van der Waals surface area contributed by atoms with Crippen molar-refractivity contribution < 1.29 is 4.79 Å². The summed E-state index contributed by atoms with van der Waals surface area (Å²) in [5.74, 6) is 0.0361. The summed E-state index contributed by atoms with van der Waals surface area (Å²) in [6.07, 6.45) is 7.37. The number of nitrogens with one attached hydrogen (secondary N) is 1. The van der Waals surface area contributed by atoms with E-state index in [9.17, 15) is 4.79 Å². The molecule has 2 heterocycles. The number of aromatic nitrogens is 2. The second-order valence-electron chi connectivity index (χ2n) is 4.31. The van der Waals surface area contributed by atoms with Crippen LogP contribution in [-0.4, -0.2) is 22.4 Å². The number of carbonyl (C=O) groups is 1. The molecule has 4 nitrogen and oxygen atoms in total. The summed E-state index contributed by atoms with van der Waals surface area (Å²) in [5.41, 5.74) is 1.99. The molecule has 4 heteroatoms. The lowest BCUT2D eigenvalue weighted by atomic mass is 10.2. The molecule has 0 saturated carbocycles. The van der Waals surface area contributed by atoms with Gasteiger partial charge in [-0.15, -0.1) is 0 Å². The number of hydrogen-bond acceptors (Lipinski definition) is 3. The van der Waals surface area contributed by atoms with Gasteiger partial charge < -0.3 is 5.32 Å². The van der Waals surface area contributed by atoms with E-state index in [4.69, 9.17) is 0 Å². The molecule has 0 aromatic carbocycles. The Morgan fingerprint density at radius 2 is 2.11 bits per heavy atom. The molecule has 0 spiro atoms. The maximum absolute atomic E-state index is 11.7. The molecule has 0 fully saturated rings. The number of amides is 1. The zero-order chi connectivity index (χ0) is 13.3. The van der Waals surface area contributed by atoms with Crippen LogP contribution in [-0.2, 0) is 17.6 Å². The molecule has 0 aliphatic carbocycles. The van der Waals surface area contributed by atoms with Crippen molar-refractivity contribution in [1.82, 2.24) is 15.3 Å². The van der Waals surface area contributed by atoms with Crippen LogP contribution in [0.1, 0.15) is 17.7 Å². The molecule has 0 bridgehead atoms. The normalized spacial score (nSPS) is 10.1. The Kier molecular flexibility index (Phi) is 5.05. The van der Waals surface area contributed by atoms with Gasteiger partial charge in [0.1, 0.15) is 0 Å². The van der Waals surface area contributed by atoms with Crippen LogP contribution in [0, 0.1) is 0 Å². The van der Waals surface area contributed by atoms with E-state index in [0.717, 1.165) is 24.1 Å². The van der Waals surface area contributed by atoms with E-state index in [1.165, 1.54) is 0 Å². The van der Waals surface area contributed by atoms with Crippen molar-refractivity contribution >= 4 is 5.91 Å². The highest BCUT2D eigenvalue weighted by Crippen LogP contribution is 1.98. The van der Waals surface area contributed by atoms with E-state index in [2.05, 4.69) is 15.3 Å². The minimum atomic E-state index is 0.0361. The van der Waals surface area contributed by atoms with Crippen LogP contribution in [0.3, 0.4) is 0 Å². The lowest BCUT2D eigenvalue weighted by Gasteiger charge is -2.05. The summed E-state index contributed by atoms with van der Waals surface area (Å²) in [6.45, 7) is 0.676. The fourth-order valence-corrected chi connectivity index (χ4v) is 1.79. The van der Waals surface area contributed by atoms with Crippen molar-refractivity contribution in [3.05, 3.63) is 60.2 Å². The van der Waals surface area contributed by atoms with Gasteiger partial charge >= 0.3 is 0 Å². The summed E-state index contributed by atoms with van der Waals surface area (Å²) in [5, 5.41) is 2.91. The third-order valence-corrected chi connectivity index (χ3v) is 2.75. The molecule has 0 aliphatic rings. The van der Waals surface area contributed by atoms with E-state index in [0.29, 0.717) is 13.0 Å². The molecule has 19 heavy (non-hydrogen) atoms. The Bertz CT molecular complexity index is 499. The lowest BCUT2D eigenvalue weighted by molar-refractivity contribution is -0.120. The fraction of sp³-hybridized carbons (Fsp3) is 0.267. The van der Waals surface area contributed by atoms with Gasteiger partial charge in [-0.25, -0.2) is 0 Å². The van der Waals surface area contributed by atoms with E-state index >= 15 is 0 Å². The van der Waals surface area contributed by atoms with Gasteiger partial charge in [0.15, 0.2) is 0 Å². The van der Waals surface area contributed by atoms with Crippen molar-refractivity contribution in [3.8, 4) is 0 Å². The number of aryl methyl sites for hydroxylation is 1. The van der Waals surface area contributed by atoms with E-state index in [1.807, 2.05) is 30.3 Å². The smallest absolute Gasteiger partial charge is 0.224 e. The summed E-state index contributed by atoms with van der Waals surface area (Å²) < 4.78 is 0. The summed E-state index contributed by atoms with van der Waals surface area (Å²) in [6, 6.07) is 9.62. The van der Waals surface area contributed by atoms with Crippen LogP contribution in [0.2, 0.25) is 0 Å². The highest BCUT2D eigenvalue weighted by molar-refractivity contribution is 5.78. The predicted octanol–water partition coefficient (Wildman–Crippen LogP) is 1.77. The lowest BCUT2D eigenvalue weighted by Crippen LogP contribution is -2.26. The van der Waals surface area contributed by atoms with E-state index < -0.39 is 0 Å². The summed E-state index contributed by atoms with van der Waals surface area (Å²) in [7, 11) is 0. The molecule has 2 aromatic heterocycles. The van der Waals surface area contributed by atoms with Gasteiger partial charge in [-0.05, 0) is 36.6 Å². The number of pyridine rings is 2. The SMILES string of the molecule is O=C(Cc1cccnc1)NCCCc1ccccn1. The fourth-order valence-electron chi connectivity index (χ4n) is 1.79. The first-order valence-electron chi connectivity index (χ1n) is 6.40. The quantitative estimate of drug-likeness (QED) is 0.800. The molecule has 1 N–H and O–H groups in total. The first-order valence-corrected chi connectivity index (χ1v) is 6.40. The molecule has 98 valence electrons. The highest BCUT2D eigenvalue weighted by atomic mass is 16.1. The Labute approximate surface area is 112 Å². The molecule has 2 aromatic rings. The topological polar surface area (TPSA) is 54.9 Å². The van der Waals surface area contributed by atoms with Gasteiger partial charge in [0.25, 0.3) is 0 Å². The second-order valence-corrected chi connectivity index (χ2v) is 4.31. The molecule has 0 atom stereocenters. The zero-order valence-corrected chi connectivity index (χ0v) is 10.7. The number of nitrogens with zero attached hydrogens (tertiary/aromatic N) is 2. The largest absolute Gasteiger partial charge is 0.356 e. The average Bonchev–Trinajstić information content (AvgIpc) is 2.46. The maximum Gasteiger partial charge on any atom is 0.224 e. The molecular weight excluding hydrogens is 238 g/mol. The predicted molar refractivity (Wildman–Crippen MR) is 73.5 cm³/mol. The van der Waals surface area contributed by atoms with Gasteiger partial charge in [0, 0.05) is 30.8 Å². The average molecular weight is 255 g/mol. The van der Waals surface area contributed by atoms with Gasteiger partial charge in [-0.2, -0.15) is 0 Å². The molecule has 2 rings (SSSR count). The molecule has 0 saturated heterocycles. The number of hydrogen-bond donors (Lipinski definition) is 1. The molecule has 0 radical (unpaired) electrons. The molecular formula is C15H17N3O. The standard InChI is InChI=1S/C15H17N3O/c19-15(11-13-5-3-8-16-12-13)18-10-4-7-14-6-1-2-9-17-14/h1-3,5-6,8-9,12H,4,7,10-11H2,(H,18,19). The molecule has 0 aliphatic heterocycles. The van der Waals surface area contributed by atoms with Crippen molar-refractivity contribution in [2.24, 2.45) is 0 Å². The van der Waals surface area contributed by atoms with Crippen LogP contribution in [0.15, 0.2) is 48.9 Å². The van der Waals surface area contributed by atoms with Crippen LogP contribution in [0.4, 0.5) is 0 Å². The number of rotatable bonds is 6. The highest BCUT2D eigenvalue weighted by Gasteiger charge is 2.02. The third-order valence-electron chi connectivity index (χ3n) is 2.75. The Balaban J connectivity index is 1.65. The Hall–Kier alpha value is -2.23. The van der Waals surface area contributed by atoms with Crippen LogP contribution in [0.25, 0.3) is 0 Å². The minimum absolute atomic E-state index is 0.0361. The third kappa shape index (κ3) is 4.87. The molecule has 1 amide bonds. The minimum Gasteiger partial charge on any atom is -0.356 e. The van der Waals surface area contributed by atoms with Crippen LogP contribution >= 0.6 is 0 Å². The first kappa shape index (κ1) is 13.2. The second kappa shape index (κ2) is 7.26. The van der Waals surface area contributed by atoms with Crippen molar-refractivity contribution in [2.45, 2.75) is 19.3 Å². The van der Waals surface area contributed by atoms with Crippen molar-refractivity contribution in [1.29, 1.82) is 0 Å². The van der Waals surface area contributed by atoms with Gasteiger partial charge in [0.05, 0.1) is 6.42 Å². The molecule has 0 unspecified atom stereocenters. The summed E-state index contributed by atoms with van der Waals surface area (Å²) in [4.78, 5) is 19.9. The Morgan fingerprint density at radius 3 is 2.84 bits per heavy atom. The van der Waals surface area contributed by atoms with Crippen molar-refractivity contribution in [3.63, 3.8) is 0 Å². The Morgan fingerprint density at radius 1 is 1.16 bits per heavy atom. The zero-order valence-electron chi connectivity index (χ0n) is 10.7. The monoisotopic (exact) mass is 255 g/mol. The van der Waals surface area contributed by atoms with Gasteiger partial charge in [0.2, 0.25) is 5.91 Å². The summed E-state index contributed by atoms with van der Waals surface area (Å²) >= 11 is 0. The number of carbonyl (C=O) groups excluding carboxylic acids is 1. The van der Waals surface area contributed by atoms with Gasteiger partial charge in [-0.3, -0.25) is 14.8 Å². The first-order chi connectivity index (χ1) is 9.34. The van der Waals surface area contributed by atoms with Crippen LogP contribution < -0.4 is 5.32 Å². The van der Waals surface area contributed by atoms with E-state index in [-0.39, 0.29) is 5.91 Å².